The number of benzene rings is 2. The van der Waals surface area contributed by atoms with E-state index in [0.717, 1.165) is 0 Å². The number of aromatic nitrogens is 1. The van der Waals surface area contributed by atoms with E-state index in [1.807, 2.05) is 0 Å². The third-order valence-corrected chi connectivity index (χ3v) is 5.24. The van der Waals surface area contributed by atoms with Gasteiger partial charge in [0.1, 0.15) is 18.0 Å². The first kappa shape index (κ1) is 23.1. The molecule has 4 aromatic rings. The normalized spacial score (nSPS) is 11.5. The van der Waals surface area contributed by atoms with E-state index < -0.39 is 17.7 Å². The lowest BCUT2D eigenvalue weighted by atomic mass is 10.1. The summed E-state index contributed by atoms with van der Waals surface area (Å²) in [6.07, 6.45) is 1.56. The number of pyridine rings is 1. The molecule has 2 heterocycles. The third-order valence-electron chi connectivity index (χ3n) is 4.91. The summed E-state index contributed by atoms with van der Waals surface area (Å²) in [4.78, 5) is 33.3. The number of hydrogen-bond donors (Lipinski definition) is 1. The Labute approximate surface area is 198 Å². The van der Waals surface area contributed by atoms with Crippen LogP contribution in [0.3, 0.4) is 0 Å². The van der Waals surface area contributed by atoms with E-state index in [0.29, 0.717) is 38.6 Å². The Kier molecular flexibility index (Phi) is 6.70. The van der Waals surface area contributed by atoms with Crippen molar-refractivity contribution in [2.24, 2.45) is 4.99 Å². The average Bonchev–Trinajstić information content (AvgIpc) is 2.81. The second-order valence-electron chi connectivity index (χ2n) is 7.38. The number of carbonyl (C=O) groups is 2. The zero-order valence-electron chi connectivity index (χ0n) is 18.3. The minimum Gasteiger partial charge on any atom is -0.461 e. The van der Waals surface area contributed by atoms with Gasteiger partial charge < -0.3 is 14.5 Å². The van der Waals surface area contributed by atoms with Crippen LogP contribution in [0.25, 0.3) is 11.0 Å². The molecule has 0 aliphatic rings. The van der Waals surface area contributed by atoms with Gasteiger partial charge in [0.05, 0.1) is 22.1 Å². The SMILES string of the molecule is CC(=O)OCc1cnc(C)c2oc(=Nc3ccc(F)cc3)c(C(=O)Nc3ccccc3Cl)cc12. The Bertz CT molecular complexity index is 1470. The van der Waals surface area contributed by atoms with Crippen molar-refractivity contribution < 1.29 is 23.1 Å². The molecule has 0 spiro atoms. The molecule has 0 saturated heterocycles. The fraction of sp³-hybridized carbons (Fsp3) is 0.120. The number of esters is 1. The second-order valence-corrected chi connectivity index (χ2v) is 7.79. The Morgan fingerprint density at radius 3 is 2.62 bits per heavy atom. The quantitative estimate of drug-likeness (QED) is 0.383. The van der Waals surface area contributed by atoms with Crippen LogP contribution in [0.2, 0.25) is 5.02 Å². The van der Waals surface area contributed by atoms with E-state index in [1.54, 1.807) is 43.5 Å². The maximum atomic E-state index is 13.4. The minimum absolute atomic E-state index is 0.00167. The van der Waals surface area contributed by atoms with Gasteiger partial charge in [-0.05, 0) is 49.4 Å². The van der Waals surface area contributed by atoms with Crippen molar-refractivity contribution in [3.8, 4) is 0 Å². The molecule has 0 radical (unpaired) electrons. The molecule has 2 aromatic carbocycles. The predicted octanol–water partition coefficient (Wildman–Crippen LogP) is 5.48. The van der Waals surface area contributed by atoms with Gasteiger partial charge in [-0.2, -0.15) is 0 Å². The smallest absolute Gasteiger partial charge is 0.302 e. The van der Waals surface area contributed by atoms with Gasteiger partial charge in [-0.1, -0.05) is 23.7 Å². The lowest BCUT2D eigenvalue weighted by molar-refractivity contribution is -0.142. The number of rotatable bonds is 5. The highest BCUT2D eigenvalue weighted by Gasteiger charge is 2.18. The van der Waals surface area contributed by atoms with Crippen molar-refractivity contribution in [1.29, 1.82) is 0 Å². The minimum atomic E-state index is -0.521. The molecule has 172 valence electrons. The molecule has 4 rings (SSSR count). The molecular weight excluding hydrogens is 461 g/mol. The molecule has 0 aliphatic carbocycles. The number of para-hydroxylation sites is 1. The molecular formula is C25H19ClFN3O4. The largest absolute Gasteiger partial charge is 0.461 e. The first-order chi connectivity index (χ1) is 16.3. The van der Waals surface area contributed by atoms with E-state index in [2.05, 4.69) is 15.3 Å². The number of hydrogen-bond acceptors (Lipinski definition) is 6. The summed E-state index contributed by atoms with van der Waals surface area (Å²) in [6.45, 7) is 3.00. The molecule has 1 amide bonds. The van der Waals surface area contributed by atoms with Gasteiger partial charge >= 0.3 is 5.97 Å². The number of amides is 1. The maximum Gasteiger partial charge on any atom is 0.302 e. The number of aryl methyl sites for hydroxylation is 1. The van der Waals surface area contributed by atoms with Crippen LogP contribution in [0.15, 0.2) is 70.2 Å². The van der Waals surface area contributed by atoms with E-state index in [9.17, 15) is 14.0 Å². The van der Waals surface area contributed by atoms with Gasteiger partial charge in [0, 0.05) is 24.1 Å². The summed E-state index contributed by atoms with van der Waals surface area (Å²) < 4.78 is 24.5. The lowest BCUT2D eigenvalue weighted by Crippen LogP contribution is -2.22. The predicted molar refractivity (Wildman–Crippen MR) is 125 cm³/mol. The van der Waals surface area contributed by atoms with Crippen molar-refractivity contribution >= 4 is 45.8 Å². The molecule has 7 nitrogen and oxygen atoms in total. The number of nitrogens with zero attached hydrogens (tertiary/aromatic N) is 2. The van der Waals surface area contributed by atoms with E-state index in [4.69, 9.17) is 20.8 Å². The Balaban J connectivity index is 1.91. The highest BCUT2D eigenvalue weighted by Crippen LogP contribution is 2.24. The second kappa shape index (κ2) is 9.84. The van der Waals surface area contributed by atoms with E-state index in [-0.39, 0.29) is 17.7 Å². The zero-order chi connectivity index (χ0) is 24.2. The molecule has 0 saturated carbocycles. The summed E-state index contributed by atoms with van der Waals surface area (Å²) in [5, 5.41) is 3.66. The summed E-state index contributed by atoms with van der Waals surface area (Å²) in [5.41, 5.74) is 2.38. The van der Waals surface area contributed by atoms with Gasteiger partial charge in [0.15, 0.2) is 5.58 Å². The van der Waals surface area contributed by atoms with Crippen LogP contribution in [-0.2, 0) is 16.1 Å². The molecule has 0 bridgehead atoms. The van der Waals surface area contributed by atoms with Gasteiger partial charge in [-0.3, -0.25) is 14.6 Å². The molecule has 2 aromatic heterocycles. The average molecular weight is 480 g/mol. The topological polar surface area (TPSA) is 93.8 Å². The van der Waals surface area contributed by atoms with Crippen molar-refractivity contribution in [2.75, 3.05) is 5.32 Å². The molecule has 34 heavy (non-hydrogen) atoms. The Morgan fingerprint density at radius 2 is 1.91 bits per heavy atom. The van der Waals surface area contributed by atoms with E-state index >= 15 is 0 Å². The number of carbonyl (C=O) groups excluding carboxylic acids is 2. The van der Waals surface area contributed by atoms with Crippen molar-refractivity contribution in [3.05, 3.63) is 94.0 Å². The van der Waals surface area contributed by atoms with Crippen molar-refractivity contribution in [3.63, 3.8) is 0 Å². The molecule has 0 unspecified atom stereocenters. The standard InChI is InChI=1S/C25H19ClFN3O4/c1-14-23-19(16(12-28-14)13-33-15(2)31)11-20(24(32)30-22-6-4-3-5-21(22)26)25(34-23)29-18-9-7-17(27)8-10-18/h3-12H,13H2,1-2H3,(H,30,32). The number of nitrogens with one attached hydrogen (secondary N) is 1. The number of ether oxygens (including phenoxy) is 1. The first-order valence-corrected chi connectivity index (χ1v) is 10.6. The van der Waals surface area contributed by atoms with E-state index in [1.165, 1.54) is 31.2 Å². The van der Waals surface area contributed by atoms with Crippen molar-refractivity contribution in [2.45, 2.75) is 20.5 Å². The molecule has 0 atom stereocenters. The Hall–Kier alpha value is -4.04. The summed E-state index contributed by atoms with van der Waals surface area (Å²) in [7, 11) is 0. The fourth-order valence-corrected chi connectivity index (χ4v) is 3.40. The highest BCUT2D eigenvalue weighted by molar-refractivity contribution is 6.33. The third kappa shape index (κ3) is 5.13. The van der Waals surface area contributed by atoms with Crippen LogP contribution >= 0.6 is 11.6 Å². The highest BCUT2D eigenvalue weighted by atomic mass is 35.5. The fourth-order valence-electron chi connectivity index (χ4n) is 3.21. The summed E-state index contributed by atoms with van der Waals surface area (Å²) in [6, 6.07) is 13.8. The van der Waals surface area contributed by atoms with Crippen LogP contribution in [0.4, 0.5) is 15.8 Å². The monoisotopic (exact) mass is 479 g/mol. The van der Waals surface area contributed by atoms with Crippen LogP contribution in [0.5, 0.6) is 0 Å². The Morgan fingerprint density at radius 1 is 1.18 bits per heavy atom. The van der Waals surface area contributed by atoms with Gasteiger partial charge in [0.2, 0.25) is 5.55 Å². The van der Waals surface area contributed by atoms with Gasteiger partial charge in [-0.15, -0.1) is 0 Å². The summed E-state index contributed by atoms with van der Waals surface area (Å²) >= 11 is 6.20. The zero-order valence-corrected chi connectivity index (χ0v) is 19.0. The van der Waals surface area contributed by atoms with Gasteiger partial charge in [0.25, 0.3) is 5.91 Å². The maximum absolute atomic E-state index is 13.4. The van der Waals surface area contributed by atoms with Crippen LogP contribution in [0, 0.1) is 12.7 Å². The summed E-state index contributed by atoms with van der Waals surface area (Å²) in [5.74, 6) is -1.39. The first-order valence-electron chi connectivity index (χ1n) is 10.2. The molecule has 1 N–H and O–H groups in total. The molecule has 9 heteroatoms. The van der Waals surface area contributed by atoms with Crippen LogP contribution < -0.4 is 10.9 Å². The number of halogens is 2. The molecule has 0 fully saturated rings. The van der Waals surface area contributed by atoms with Gasteiger partial charge in [-0.25, -0.2) is 9.38 Å². The van der Waals surface area contributed by atoms with Crippen molar-refractivity contribution in [1.82, 2.24) is 4.98 Å². The molecule has 0 aliphatic heterocycles. The van der Waals surface area contributed by atoms with Crippen LogP contribution in [-0.4, -0.2) is 16.9 Å². The van der Waals surface area contributed by atoms with Crippen LogP contribution in [0.1, 0.15) is 28.5 Å². The number of fused-ring (bicyclic) bond motifs is 1. The number of anilines is 1. The lowest BCUT2D eigenvalue weighted by Gasteiger charge is -2.11.